The summed E-state index contributed by atoms with van der Waals surface area (Å²) in [5, 5.41) is 0. The largest absolute Gasteiger partial charge is 0.497 e. The number of hydrogen-bond acceptors (Lipinski definition) is 3. The highest BCUT2D eigenvalue weighted by molar-refractivity contribution is 5.89. The van der Waals surface area contributed by atoms with E-state index < -0.39 is 0 Å². The van der Waals surface area contributed by atoms with Gasteiger partial charge in [0, 0.05) is 38.4 Å². The summed E-state index contributed by atoms with van der Waals surface area (Å²) in [6, 6.07) is 8.13. The Hall–Kier alpha value is -2.30. The van der Waals surface area contributed by atoms with Crippen LogP contribution in [0, 0.1) is 0 Å². The van der Waals surface area contributed by atoms with Crippen molar-refractivity contribution in [3.8, 4) is 5.75 Å². The summed E-state index contributed by atoms with van der Waals surface area (Å²) in [5.74, 6) is 2.57. The summed E-state index contributed by atoms with van der Waals surface area (Å²) in [5.41, 5.74) is 0.778. The molecule has 1 saturated carbocycles. The zero-order valence-corrected chi connectivity index (χ0v) is 16.4. The Morgan fingerprint density at radius 1 is 1.19 bits per heavy atom. The molecule has 0 bridgehead atoms. The van der Waals surface area contributed by atoms with Crippen LogP contribution in [-0.2, 0) is 17.3 Å². The first-order valence-corrected chi connectivity index (χ1v) is 10.1. The lowest BCUT2D eigenvalue weighted by Crippen LogP contribution is -2.49. The molecule has 144 valence electrons. The lowest BCUT2D eigenvalue weighted by molar-refractivity contribution is -0.138. The Bertz CT molecular complexity index is 790. The fourth-order valence-corrected chi connectivity index (χ4v) is 4.96. The maximum absolute atomic E-state index is 13.7. The van der Waals surface area contributed by atoms with Crippen molar-refractivity contribution in [1.29, 1.82) is 0 Å². The number of hydrogen-bond donors (Lipinski definition) is 0. The van der Waals surface area contributed by atoms with Gasteiger partial charge in [-0.15, -0.1) is 0 Å². The number of carbonyl (C=O) groups excluding carboxylic acids is 1. The molecule has 1 aliphatic heterocycles. The molecule has 5 heteroatoms. The minimum Gasteiger partial charge on any atom is -0.497 e. The first kappa shape index (κ1) is 18.1. The van der Waals surface area contributed by atoms with E-state index in [4.69, 9.17) is 4.74 Å². The van der Waals surface area contributed by atoms with Gasteiger partial charge in [-0.3, -0.25) is 4.79 Å². The number of piperidine rings is 1. The van der Waals surface area contributed by atoms with Gasteiger partial charge in [0.2, 0.25) is 5.91 Å². The third kappa shape index (κ3) is 3.24. The molecule has 0 N–H and O–H groups in total. The van der Waals surface area contributed by atoms with Crippen LogP contribution in [0.5, 0.6) is 5.75 Å². The number of rotatable bonds is 4. The molecule has 2 aliphatic rings. The number of likely N-dealkylation sites (tertiary alicyclic amines) is 1. The predicted molar refractivity (Wildman–Crippen MR) is 105 cm³/mol. The molecule has 5 nitrogen and oxygen atoms in total. The molecule has 0 radical (unpaired) electrons. The van der Waals surface area contributed by atoms with Gasteiger partial charge in [0.05, 0.1) is 12.5 Å². The van der Waals surface area contributed by atoms with E-state index in [1.165, 1.54) is 0 Å². The van der Waals surface area contributed by atoms with Crippen molar-refractivity contribution in [2.45, 2.75) is 49.9 Å². The Labute approximate surface area is 161 Å². The topological polar surface area (TPSA) is 47.4 Å². The van der Waals surface area contributed by atoms with Gasteiger partial charge < -0.3 is 14.2 Å². The van der Waals surface area contributed by atoms with Crippen LogP contribution >= 0.6 is 0 Å². The quantitative estimate of drug-likeness (QED) is 0.829. The van der Waals surface area contributed by atoms with Gasteiger partial charge in [-0.05, 0) is 43.4 Å². The van der Waals surface area contributed by atoms with Crippen LogP contribution in [0.15, 0.2) is 36.7 Å². The van der Waals surface area contributed by atoms with Crippen molar-refractivity contribution in [3.63, 3.8) is 0 Å². The van der Waals surface area contributed by atoms with Crippen LogP contribution < -0.4 is 4.74 Å². The summed E-state index contributed by atoms with van der Waals surface area (Å²) in [4.78, 5) is 20.4. The highest BCUT2D eigenvalue weighted by Crippen LogP contribution is 2.44. The normalized spacial score (nSPS) is 22.0. The van der Waals surface area contributed by atoms with Crippen molar-refractivity contribution in [2.24, 2.45) is 7.05 Å². The van der Waals surface area contributed by atoms with Crippen molar-refractivity contribution in [2.75, 3.05) is 20.2 Å². The van der Waals surface area contributed by atoms with E-state index in [9.17, 15) is 4.79 Å². The van der Waals surface area contributed by atoms with E-state index in [1.54, 1.807) is 7.11 Å². The molecule has 1 aromatic carbocycles. The molecule has 2 aromatic rings. The lowest BCUT2D eigenvalue weighted by Gasteiger charge is -2.39. The van der Waals surface area contributed by atoms with Crippen molar-refractivity contribution in [3.05, 3.63) is 48.0 Å². The van der Waals surface area contributed by atoms with Gasteiger partial charge in [-0.2, -0.15) is 0 Å². The second-order valence-electron chi connectivity index (χ2n) is 8.00. The van der Waals surface area contributed by atoms with Crippen LogP contribution in [0.1, 0.15) is 55.8 Å². The summed E-state index contributed by atoms with van der Waals surface area (Å²) in [7, 11) is 3.72. The van der Waals surface area contributed by atoms with E-state index >= 15 is 0 Å². The number of carbonyl (C=O) groups is 1. The molecular weight excluding hydrogens is 338 g/mol. The van der Waals surface area contributed by atoms with Crippen LogP contribution in [0.3, 0.4) is 0 Å². The fourth-order valence-electron chi connectivity index (χ4n) is 4.96. The molecule has 0 spiro atoms. The number of aromatic nitrogens is 2. The molecule has 4 rings (SSSR count). The molecule has 1 aromatic heterocycles. The monoisotopic (exact) mass is 367 g/mol. The van der Waals surface area contributed by atoms with Crippen molar-refractivity contribution < 1.29 is 9.53 Å². The zero-order valence-electron chi connectivity index (χ0n) is 16.4. The van der Waals surface area contributed by atoms with Gasteiger partial charge in [-0.25, -0.2) is 4.98 Å². The van der Waals surface area contributed by atoms with Crippen molar-refractivity contribution in [1.82, 2.24) is 14.5 Å². The lowest BCUT2D eigenvalue weighted by atomic mass is 9.77. The Morgan fingerprint density at radius 3 is 2.56 bits per heavy atom. The average Bonchev–Trinajstić information content (AvgIpc) is 3.37. The minimum atomic E-state index is -0.365. The summed E-state index contributed by atoms with van der Waals surface area (Å²) >= 11 is 0. The van der Waals surface area contributed by atoms with Crippen LogP contribution in [0.2, 0.25) is 0 Å². The maximum atomic E-state index is 13.7. The molecule has 1 saturated heterocycles. The zero-order chi connectivity index (χ0) is 18.9. The first-order valence-electron chi connectivity index (χ1n) is 10.1. The van der Waals surface area contributed by atoms with E-state index in [0.717, 1.165) is 68.8 Å². The van der Waals surface area contributed by atoms with Crippen LogP contribution in [0.25, 0.3) is 0 Å². The summed E-state index contributed by atoms with van der Waals surface area (Å²) in [6.45, 7) is 1.64. The Kier molecular flexibility index (Phi) is 4.94. The number of amides is 1. The molecule has 2 heterocycles. The van der Waals surface area contributed by atoms with E-state index in [1.807, 2.05) is 31.6 Å². The first-order chi connectivity index (χ1) is 13.1. The molecule has 1 atom stereocenters. The number of benzene rings is 1. The predicted octanol–water partition coefficient (Wildman–Crippen LogP) is 3.65. The van der Waals surface area contributed by atoms with E-state index in [2.05, 4.69) is 26.6 Å². The van der Waals surface area contributed by atoms with Gasteiger partial charge >= 0.3 is 0 Å². The summed E-state index contributed by atoms with van der Waals surface area (Å²) in [6.07, 6.45) is 10.1. The molecule has 1 unspecified atom stereocenters. The standard InChI is InChI=1S/C22H29N3O2/c1-24-15-13-23-20(24)17-6-5-14-25(16-17)21(26)22(11-3-4-12-22)18-7-9-19(27-2)10-8-18/h7-10,13,15,17H,3-6,11-12,14,16H2,1-2H3. The minimum absolute atomic E-state index is 0.309. The van der Waals surface area contributed by atoms with Gasteiger partial charge in [0.15, 0.2) is 0 Å². The molecule has 2 fully saturated rings. The number of nitrogens with zero attached hydrogens (tertiary/aromatic N) is 3. The summed E-state index contributed by atoms with van der Waals surface area (Å²) < 4.78 is 7.39. The number of aryl methyl sites for hydroxylation is 1. The van der Waals surface area contributed by atoms with Crippen molar-refractivity contribution >= 4 is 5.91 Å². The van der Waals surface area contributed by atoms with E-state index in [-0.39, 0.29) is 5.41 Å². The van der Waals surface area contributed by atoms with E-state index in [0.29, 0.717) is 11.8 Å². The average molecular weight is 367 g/mol. The fraction of sp³-hybridized carbons (Fsp3) is 0.545. The Balaban J connectivity index is 1.59. The highest BCUT2D eigenvalue weighted by Gasteiger charge is 2.45. The maximum Gasteiger partial charge on any atom is 0.233 e. The molecule has 1 aliphatic carbocycles. The van der Waals surface area contributed by atoms with Gasteiger partial charge in [-0.1, -0.05) is 25.0 Å². The number of imidazole rings is 1. The smallest absolute Gasteiger partial charge is 0.233 e. The number of ether oxygens (including phenoxy) is 1. The van der Waals surface area contributed by atoms with Crippen LogP contribution in [-0.4, -0.2) is 40.6 Å². The van der Waals surface area contributed by atoms with Gasteiger partial charge in [0.1, 0.15) is 11.6 Å². The third-order valence-electron chi connectivity index (χ3n) is 6.44. The molecular formula is C22H29N3O2. The third-order valence-corrected chi connectivity index (χ3v) is 6.44. The SMILES string of the molecule is COc1ccc(C2(C(=O)N3CCCC(c4nccn4C)C3)CCCC2)cc1. The van der Waals surface area contributed by atoms with Gasteiger partial charge in [0.25, 0.3) is 0 Å². The van der Waals surface area contributed by atoms with Crippen LogP contribution in [0.4, 0.5) is 0 Å². The highest BCUT2D eigenvalue weighted by atomic mass is 16.5. The second-order valence-corrected chi connectivity index (χ2v) is 8.00. The molecule has 1 amide bonds. The Morgan fingerprint density at radius 2 is 1.93 bits per heavy atom. The number of methoxy groups -OCH3 is 1. The second kappa shape index (κ2) is 7.37. The molecule has 27 heavy (non-hydrogen) atoms.